The van der Waals surface area contributed by atoms with E-state index in [4.69, 9.17) is 10.6 Å². The fourth-order valence-electron chi connectivity index (χ4n) is 1.96. The lowest BCUT2D eigenvalue weighted by atomic mass is 9.98. The van der Waals surface area contributed by atoms with E-state index in [-0.39, 0.29) is 6.04 Å². The molecule has 1 unspecified atom stereocenters. The molecule has 0 aliphatic heterocycles. The number of rotatable bonds is 4. The van der Waals surface area contributed by atoms with Crippen LogP contribution in [0.1, 0.15) is 17.2 Å². The Labute approximate surface area is 120 Å². The highest BCUT2D eigenvalue weighted by Gasteiger charge is 2.18. The van der Waals surface area contributed by atoms with Gasteiger partial charge in [0, 0.05) is 9.13 Å². The average Bonchev–Trinajstić information content (AvgIpc) is 2.42. The molecule has 2 aromatic carbocycles. The number of hydrogen-bond donors (Lipinski definition) is 2. The molecule has 1 atom stereocenters. The van der Waals surface area contributed by atoms with E-state index in [1.54, 1.807) is 7.11 Å². The van der Waals surface area contributed by atoms with Gasteiger partial charge in [-0.05, 0) is 40.3 Å². The van der Waals surface area contributed by atoms with Crippen molar-refractivity contribution in [2.75, 3.05) is 7.11 Å². The first-order valence-corrected chi connectivity index (χ1v) is 6.69. The van der Waals surface area contributed by atoms with Gasteiger partial charge in [-0.3, -0.25) is 5.84 Å². The maximum Gasteiger partial charge on any atom is 0.124 e. The van der Waals surface area contributed by atoms with Gasteiger partial charge >= 0.3 is 0 Å². The largest absolute Gasteiger partial charge is 0.496 e. The van der Waals surface area contributed by atoms with Gasteiger partial charge in [0.1, 0.15) is 5.75 Å². The Morgan fingerprint density at radius 2 is 1.67 bits per heavy atom. The van der Waals surface area contributed by atoms with Crippen molar-refractivity contribution in [2.45, 2.75) is 6.04 Å². The van der Waals surface area contributed by atoms with Crippen LogP contribution in [0.3, 0.4) is 0 Å². The summed E-state index contributed by atoms with van der Waals surface area (Å²) in [6.45, 7) is 0. The summed E-state index contributed by atoms with van der Waals surface area (Å²) in [6, 6.07) is 16.0. The molecule has 0 bridgehead atoms. The Morgan fingerprint density at radius 3 is 2.28 bits per heavy atom. The van der Waals surface area contributed by atoms with Gasteiger partial charge in [0.25, 0.3) is 0 Å². The number of benzene rings is 2. The van der Waals surface area contributed by atoms with E-state index in [2.05, 4.69) is 40.1 Å². The molecule has 0 spiro atoms. The Bertz CT molecular complexity index is 531. The van der Waals surface area contributed by atoms with Gasteiger partial charge in [0.05, 0.1) is 13.2 Å². The normalized spacial score (nSPS) is 12.2. The molecule has 0 radical (unpaired) electrons. The zero-order chi connectivity index (χ0) is 13.0. The molecule has 0 saturated carbocycles. The third-order valence-corrected chi connectivity index (χ3v) is 3.82. The van der Waals surface area contributed by atoms with E-state index in [1.165, 1.54) is 3.57 Å². The van der Waals surface area contributed by atoms with Crippen LogP contribution in [0, 0.1) is 3.57 Å². The summed E-state index contributed by atoms with van der Waals surface area (Å²) in [7, 11) is 1.67. The lowest BCUT2D eigenvalue weighted by Gasteiger charge is -2.20. The second kappa shape index (κ2) is 6.17. The highest BCUT2D eigenvalue weighted by molar-refractivity contribution is 14.1. The van der Waals surface area contributed by atoms with Gasteiger partial charge in [-0.2, -0.15) is 0 Å². The van der Waals surface area contributed by atoms with Crippen molar-refractivity contribution in [3.8, 4) is 5.75 Å². The van der Waals surface area contributed by atoms with Crippen molar-refractivity contribution < 1.29 is 4.74 Å². The van der Waals surface area contributed by atoms with E-state index in [1.807, 2.05) is 36.4 Å². The molecule has 2 aromatic rings. The number of ether oxygens (including phenoxy) is 1. The topological polar surface area (TPSA) is 47.3 Å². The zero-order valence-electron chi connectivity index (χ0n) is 10.1. The van der Waals surface area contributed by atoms with Crippen molar-refractivity contribution in [1.82, 2.24) is 5.43 Å². The molecule has 18 heavy (non-hydrogen) atoms. The fraction of sp³-hybridized carbons (Fsp3) is 0.143. The smallest absolute Gasteiger partial charge is 0.124 e. The van der Waals surface area contributed by atoms with Crippen LogP contribution in [0.15, 0.2) is 48.5 Å². The van der Waals surface area contributed by atoms with Crippen LogP contribution in [0.5, 0.6) is 5.75 Å². The number of nitrogens with two attached hydrogens (primary N) is 1. The van der Waals surface area contributed by atoms with Crippen molar-refractivity contribution in [1.29, 1.82) is 0 Å². The van der Waals surface area contributed by atoms with E-state index >= 15 is 0 Å². The third-order valence-electron chi connectivity index (χ3n) is 2.83. The average molecular weight is 354 g/mol. The molecule has 0 aliphatic carbocycles. The molecular weight excluding hydrogens is 339 g/mol. The van der Waals surface area contributed by atoms with E-state index < -0.39 is 0 Å². The van der Waals surface area contributed by atoms with Crippen LogP contribution in [-0.2, 0) is 0 Å². The molecule has 0 aromatic heterocycles. The van der Waals surface area contributed by atoms with Crippen LogP contribution in [0.25, 0.3) is 0 Å². The number of methoxy groups -OCH3 is 1. The van der Waals surface area contributed by atoms with Crippen molar-refractivity contribution >= 4 is 22.6 Å². The SMILES string of the molecule is COc1ccccc1C(NN)c1ccccc1I. The maximum absolute atomic E-state index is 5.72. The first-order chi connectivity index (χ1) is 8.77. The van der Waals surface area contributed by atoms with Crippen LogP contribution >= 0.6 is 22.6 Å². The molecule has 3 N–H and O–H groups in total. The van der Waals surface area contributed by atoms with Crippen molar-refractivity contribution in [3.05, 3.63) is 63.2 Å². The monoisotopic (exact) mass is 354 g/mol. The quantitative estimate of drug-likeness (QED) is 0.504. The van der Waals surface area contributed by atoms with Gasteiger partial charge in [-0.15, -0.1) is 0 Å². The zero-order valence-corrected chi connectivity index (χ0v) is 12.2. The van der Waals surface area contributed by atoms with Gasteiger partial charge in [0.15, 0.2) is 0 Å². The Morgan fingerprint density at radius 1 is 1.06 bits per heavy atom. The summed E-state index contributed by atoms with van der Waals surface area (Å²) >= 11 is 2.31. The summed E-state index contributed by atoms with van der Waals surface area (Å²) in [5.74, 6) is 6.55. The lowest BCUT2D eigenvalue weighted by molar-refractivity contribution is 0.404. The van der Waals surface area contributed by atoms with Crippen LogP contribution < -0.4 is 16.0 Å². The summed E-state index contributed by atoms with van der Waals surface area (Å²) in [5.41, 5.74) is 5.04. The minimum Gasteiger partial charge on any atom is -0.496 e. The number of nitrogens with one attached hydrogen (secondary N) is 1. The Hall–Kier alpha value is -1.11. The van der Waals surface area contributed by atoms with Crippen molar-refractivity contribution in [2.24, 2.45) is 5.84 Å². The molecule has 2 rings (SSSR count). The Kier molecular flexibility index (Phi) is 4.57. The summed E-state index contributed by atoms with van der Waals surface area (Å²) in [6.07, 6.45) is 0. The summed E-state index contributed by atoms with van der Waals surface area (Å²) in [5, 5.41) is 0. The van der Waals surface area contributed by atoms with Crippen LogP contribution in [0.2, 0.25) is 0 Å². The molecule has 0 fully saturated rings. The third kappa shape index (κ3) is 2.66. The highest BCUT2D eigenvalue weighted by Crippen LogP contribution is 2.31. The molecule has 0 saturated heterocycles. The molecule has 4 heteroatoms. The van der Waals surface area contributed by atoms with E-state index in [0.29, 0.717) is 0 Å². The number of halogens is 1. The Balaban J connectivity index is 2.49. The van der Waals surface area contributed by atoms with Gasteiger partial charge in [0.2, 0.25) is 0 Å². The van der Waals surface area contributed by atoms with Gasteiger partial charge < -0.3 is 4.74 Å². The maximum atomic E-state index is 5.72. The predicted octanol–water partition coefficient (Wildman–Crippen LogP) is 2.85. The van der Waals surface area contributed by atoms with Gasteiger partial charge in [-0.25, -0.2) is 5.43 Å². The second-order valence-corrected chi connectivity index (χ2v) is 5.03. The summed E-state index contributed by atoms with van der Waals surface area (Å²) < 4.78 is 6.56. The van der Waals surface area contributed by atoms with Crippen LogP contribution in [-0.4, -0.2) is 7.11 Å². The number of hydrogen-bond acceptors (Lipinski definition) is 3. The van der Waals surface area contributed by atoms with Crippen LogP contribution in [0.4, 0.5) is 0 Å². The van der Waals surface area contributed by atoms with Crippen molar-refractivity contribution in [3.63, 3.8) is 0 Å². The minimum absolute atomic E-state index is 0.0748. The van der Waals surface area contributed by atoms with Gasteiger partial charge in [-0.1, -0.05) is 36.4 Å². The number of para-hydroxylation sites is 1. The first kappa shape index (κ1) is 13.3. The summed E-state index contributed by atoms with van der Waals surface area (Å²) in [4.78, 5) is 0. The molecule has 3 nitrogen and oxygen atoms in total. The lowest BCUT2D eigenvalue weighted by Crippen LogP contribution is -2.29. The predicted molar refractivity (Wildman–Crippen MR) is 81.3 cm³/mol. The fourth-order valence-corrected chi connectivity index (χ4v) is 2.66. The van der Waals surface area contributed by atoms with E-state index in [9.17, 15) is 0 Å². The minimum atomic E-state index is -0.0748. The molecular formula is C14H15IN2O. The highest BCUT2D eigenvalue weighted by atomic mass is 127. The number of hydrazine groups is 1. The standard InChI is InChI=1S/C14H15IN2O/c1-18-13-9-5-3-7-11(13)14(17-16)10-6-2-4-8-12(10)15/h2-9,14,17H,16H2,1H3. The first-order valence-electron chi connectivity index (χ1n) is 5.61. The molecule has 94 valence electrons. The second-order valence-electron chi connectivity index (χ2n) is 3.86. The molecule has 0 amide bonds. The van der Waals surface area contributed by atoms with E-state index in [0.717, 1.165) is 16.9 Å². The molecule has 0 aliphatic rings. The molecule has 0 heterocycles.